The number of halogens is 1. The van der Waals surface area contributed by atoms with E-state index in [1.807, 2.05) is 25.7 Å². The van der Waals surface area contributed by atoms with Crippen molar-refractivity contribution in [1.82, 2.24) is 4.90 Å². The summed E-state index contributed by atoms with van der Waals surface area (Å²) in [5.74, 6) is -1.15. The van der Waals surface area contributed by atoms with Gasteiger partial charge in [0, 0.05) is 12.1 Å². The van der Waals surface area contributed by atoms with E-state index in [0.29, 0.717) is 18.4 Å². The molecular formula is C21H28FNO4. The van der Waals surface area contributed by atoms with Gasteiger partial charge in [-0.25, -0.2) is 14.0 Å². The van der Waals surface area contributed by atoms with Gasteiger partial charge < -0.3 is 14.4 Å². The summed E-state index contributed by atoms with van der Waals surface area (Å²) >= 11 is 0. The first-order valence-electron chi connectivity index (χ1n) is 9.68. The predicted molar refractivity (Wildman–Crippen MR) is 99.2 cm³/mol. The molecule has 0 N–H and O–H groups in total. The van der Waals surface area contributed by atoms with Crippen molar-refractivity contribution in [2.45, 2.75) is 77.0 Å². The van der Waals surface area contributed by atoms with Crippen LogP contribution in [-0.2, 0) is 9.47 Å². The number of piperidine rings is 1. The predicted octanol–water partition coefficient (Wildman–Crippen LogP) is 4.65. The van der Waals surface area contributed by atoms with Gasteiger partial charge in [0.2, 0.25) is 0 Å². The van der Waals surface area contributed by atoms with Gasteiger partial charge in [0.25, 0.3) is 0 Å². The highest BCUT2D eigenvalue weighted by molar-refractivity contribution is 5.90. The van der Waals surface area contributed by atoms with Gasteiger partial charge in [0.1, 0.15) is 11.4 Å². The summed E-state index contributed by atoms with van der Waals surface area (Å²) in [5, 5.41) is 0. The molecule has 0 spiro atoms. The molecule has 2 atom stereocenters. The highest BCUT2D eigenvalue weighted by Gasteiger charge is 2.45. The quantitative estimate of drug-likeness (QED) is 0.720. The van der Waals surface area contributed by atoms with Crippen molar-refractivity contribution in [3.63, 3.8) is 0 Å². The number of esters is 1. The molecule has 2 aliphatic heterocycles. The van der Waals surface area contributed by atoms with Crippen molar-refractivity contribution in [2.24, 2.45) is 0 Å². The Bertz CT molecular complexity index is 713. The van der Waals surface area contributed by atoms with Crippen molar-refractivity contribution in [1.29, 1.82) is 0 Å². The average molecular weight is 377 g/mol. The lowest BCUT2D eigenvalue weighted by atomic mass is 9.84. The Balaban J connectivity index is 1.78. The third kappa shape index (κ3) is 4.09. The molecule has 3 rings (SSSR count). The van der Waals surface area contributed by atoms with Gasteiger partial charge in [0.05, 0.1) is 12.2 Å². The number of carbonyl (C=O) groups excluding carboxylic acids is 2. The van der Waals surface area contributed by atoms with Crippen molar-refractivity contribution in [2.75, 3.05) is 6.61 Å². The SMILES string of the molecule is CCOC(=O)c1cccc(C2CC3CCC(C2)N3C(=O)OC(C)(C)C)c1F. The van der Waals surface area contributed by atoms with Crippen LogP contribution in [0.1, 0.15) is 75.2 Å². The maximum atomic E-state index is 15.0. The van der Waals surface area contributed by atoms with Crippen LogP contribution in [0.5, 0.6) is 0 Å². The maximum Gasteiger partial charge on any atom is 0.410 e. The Morgan fingerprint density at radius 1 is 1.19 bits per heavy atom. The van der Waals surface area contributed by atoms with Gasteiger partial charge in [-0.3, -0.25) is 0 Å². The second-order valence-electron chi connectivity index (χ2n) is 8.37. The third-order valence-corrected chi connectivity index (χ3v) is 5.30. The minimum absolute atomic E-state index is 0.0173. The first-order chi connectivity index (χ1) is 12.7. The normalized spacial score (nSPS) is 24.6. The number of ether oxygens (including phenoxy) is 2. The lowest BCUT2D eigenvalue weighted by Crippen LogP contribution is -2.48. The standard InChI is InChI=1S/C21H28FNO4/c1-5-26-19(24)17-8-6-7-16(18(17)22)13-11-14-9-10-15(12-13)23(14)20(25)27-21(2,3)4/h6-8,13-15H,5,9-12H2,1-4H3. The molecule has 1 aromatic carbocycles. The summed E-state index contributed by atoms with van der Waals surface area (Å²) in [5.41, 5.74) is -0.00876. The summed E-state index contributed by atoms with van der Waals surface area (Å²) in [6.45, 7) is 7.48. The van der Waals surface area contributed by atoms with Gasteiger partial charge in [-0.15, -0.1) is 0 Å². The van der Waals surface area contributed by atoms with Crippen molar-refractivity contribution < 1.29 is 23.5 Å². The zero-order chi connectivity index (χ0) is 19.8. The molecule has 2 fully saturated rings. The Hall–Kier alpha value is -2.11. The number of amides is 1. The van der Waals surface area contributed by atoms with E-state index < -0.39 is 17.4 Å². The number of fused-ring (bicyclic) bond motifs is 2. The molecule has 2 saturated heterocycles. The van der Waals surface area contributed by atoms with E-state index in [1.165, 1.54) is 6.07 Å². The van der Waals surface area contributed by atoms with Gasteiger partial charge in [-0.1, -0.05) is 12.1 Å². The van der Waals surface area contributed by atoms with Crippen LogP contribution in [0, 0.1) is 5.82 Å². The molecule has 148 valence electrons. The van der Waals surface area contributed by atoms with Crippen molar-refractivity contribution in [3.05, 3.63) is 35.1 Å². The molecular weight excluding hydrogens is 349 g/mol. The van der Waals surface area contributed by atoms with Gasteiger partial charge >= 0.3 is 12.1 Å². The summed E-state index contributed by atoms with van der Waals surface area (Å²) in [7, 11) is 0. The van der Waals surface area contributed by atoms with Crippen LogP contribution in [0.15, 0.2) is 18.2 Å². The fourth-order valence-electron chi connectivity index (χ4n) is 4.28. The Morgan fingerprint density at radius 3 is 2.37 bits per heavy atom. The van der Waals surface area contributed by atoms with E-state index in [1.54, 1.807) is 19.1 Å². The summed E-state index contributed by atoms with van der Waals surface area (Å²) in [6.07, 6.45) is 2.88. The van der Waals surface area contributed by atoms with Gasteiger partial charge in [-0.2, -0.15) is 0 Å². The number of hydrogen-bond donors (Lipinski definition) is 0. The fraction of sp³-hybridized carbons (Fsp3) is 0.619. The van der Waals surface area contributed by atoms with E-state index in [4.69, 9.17) is 9.47 Å². The zero-order valence-corrected chi connectivity index (χ0v) is 16.5. The Morgan fingerprint density at radius 2 is 1.81 bits per heavy atom. The average Bonchev–Trinajstić information content (AvgIpc) is 2.84. The van der Waals surface area contributed by atoms with Crippen LogP contribution in [0.25, 0.3) is 0 Å². The van der Waals surface area contributed by atoms with Crippen molar-refractivity contribution in [3.8, 4) is 0 Å². The largest absolute Gasteiger partial charge is 0.462 e. The lowest BCUT2D eigenvalue weighted by Gasteiger charge is -2.39. The molecule has 0 aromatic heterocycles. The maximum absolute atomic E-state index is 15.0. The number of benzene rings is 1. The van der Waals surface area contributed by atoms with E-state index in [-0.39, 0.29) is 36.3 Å². The minimum atomic E-state index is -0.633. The second kappa shape index (κ2) is 7.49. The van der Waals surface area contributed by atoms with Crippen LogP contribution in [0.3, 0.4) is 0 Å². The lowest BCUT2D eigenvalue weighted by molar-refractivity contribution is 0.00575. The van der Waals surface area contributed by atoms with E-state index in [9.17, 15) is 14.0 Å². The highest BCUT2D eigenvalue weighted by Crippen LogP contribution is 2.44. The van der Waals surface area contributed by atoms with Crippen LogP contribution >= 0.6 is 0 Å². The van der Waals surface area contributed by atoms with E-state index in [2.05, 4.69) is 0 Å². The van der Waals surface area contributed by atoms with E-state index >= 15 is 0 Å². The summed E-state index contributed by atoms with van der Waals surface area (Å²) in [6, 6.07) is 5.00. The molecule has 1 aromatic rings. The van der Waals surface area contributed by atoms with E-state index in [0.717, 1.165) is 12.8 Å². The van der Waals surface area contributed by atoms with Gasteiger partial charge in [-0.05, 0) is 70.9 Å². The topological polar surface area (TPSA) is 55.8 Å². The first kappa shape index (κ1) is 19.6. The second-order valence-corrected chi connectivity index (χ2v) is 8.37. The Labute approximate surface area is 159 Å². The molecule has 2 heterocycles. The molecule has 0 radical (unpaired) electrons. The van der Waals surface area contributed by atoms with Crippen LogP contribution in [0.2, 0.25) is 0 Å². The minimum Gasteiger partial charge on any atom is -0.462 e. The van der Waals surface area contributed by atoms with Gasteiger partial charge in [0.15, 0.2) is 0 Å². The summed E-state index contributed by atoms with van der Waals surface area (Å²) in [4.78, 5) is 26.4. The molecule has 0 saturated carbocycles. The molecule has 2 unspecified atom stereocenters. The van der Waals surface area contributed by atoms with Crippen LogP contribution in [0.4, 0.5) is 9.18 Å². The third-order valence-electron chi connectivity index (χ3n) is 5.30. The molecule has 1 amide bonds. The molecule has 6 heteroatoms. The number of nitrogens with zero attached hydrogens (tertiary/aromatic N) is 1. The number of carbonyl (C=O) groups is 2. The van der Waals surface area contributed by atoms with Crippen molar-refractivity contribution >= 4 is 12.1 Å². The highest BCUT2D eigenvalue weighted by atomic mass is 19.1. The number of hydrogen-bond acceptors (Lipinski definition) is 4. The molecule has 2 bridgehead atoms. The van der Waals surface area contributed by atoms with Crippen LogP contribution in [-0.4, -0.2) is 41.3 Å². The molecule has 2 aliphatic rings. The zero-order valence-electron chi connectivity index (χ0n) is 16.5. The smallest absolute Gasteiger partial charge is 0.410 e. The molecule has 27 heavy (non-hydrogen) atoms. The Kier molecular flexibility index (Phi) is 5.45. The monoisotopic (exact) mass is 377 g/mol. The fourth-order valence-corrected chi connectivity index (χ4v) is 4.28. The molecule has 0 aliphatic carbocycles. The number of rotatable bonds is 3. The van der Waals surface area contributed by atoms with Crippen LogP contribution < -0.4 is 0 Å². The summed E-state index contributed by atoms with van der Waals surface area (Å²) < 4.78 is 25.5. The first-order valence-corrected chi connectivity index (χ1v) is 9.68. The molecule has 5 nitrogen and oxygen atoms in total.